The smallest absolute Gasteiger partial charge is 0.226 e. The van der Waals surface area contributed by atoms with Gasteiger partial charge in [0.25, 0.3) is 0 Å². The third kappa shape index (κ3) is 2.59. The van der Waals surface area contributed by atoms with Crippen molar-refractivity contribution >= 4 is 22.5 Å². The van der Waals surface area contributed by atoms with Gasteiger partial charge in [-0.1, -0.05) is 36.4 Å². The Morgan fingerprint density at radius 1 is 1.12 bits per heavy atom. The number of fused-ring (bicyclic) bond motifs is 3. The number of carbonyl (C=O) groups is 1. The molecule has 0 radical (unpaired) electrons. The zero-order valence-electron chi connectivity index (χ0n) is 13.7. The molecular weight excluding hydrogens is 298 g/mol. The molecule has 2 heterocycles. The summed E-state index contributed by atoms with van der Waals surface area (Å²) < 4.78 is 0. The van der Waals surface area contributed by atoms with Gasteiger partial charge < -0.3 is 15.6 Å². The minimum atomic E-state index is -0.383. The first-order chi connectivity index (χ1) is 11.7. The summed E-state index contributed by atoms with van der Waals surface area (Å²) >= 11 is 0. The Morgan fingerprint density at radius 2 is 1.88 bits per heavy atom. The first-order valence-corrected chi connectivity index (χ1v) is 8.36. The van der Waals surface area contributed by atoms with E-state index in [1.54, 1.807) is 0 Å². The van der Waals surface area contributed by atoms with Crippen LogP contribution in [0.4, 0.5) is 5.69 Å². The molecule has 3 aromatic rings. The summed E-state index contributed by atoms with van der Waals surface area (Å²) in [4.78, 5) is 16.1. The maximum absolute atomic E-state index is 12.5. The lowest BCUT2D eigenvalue weighted by molar-refractivity contribution is -0.117. The Balaban J connectivity index is 1.63. The van der Waals surface area contributed by atoms with E-state index in [1.807, 2.05) is 36.4 Å². The molecule has 1 amide bonds. The molecule has 4 nitrogen and oxygen atoms in total. The number of hydrogen-bond donors (Lipinski definition) is 3. The summed E-state index contributed by atoms with van der Waals surface area (Å²) in [5.74, 6) is 0.0164. The van der Waals surface area contributed by atoms with E-state index < -0.39 is 0 Å². The molecule has 1 aliphatic rings. The first kappa shape index (κ1) is 15.0. The second-order valence-corrected chi connectivity index (χ2v) is 6.62. The van der Waals surface area contributed by atoms with Gasteiger partial charge in [-0.25, -0.2) is 0 Å². The average molecular weight is 319 g/mol. The molecule has 0 bridgehead atoms. The molecular formula is C20H21N3O. The second-order valence-electron chi connectivity index (χ2n) is 6.62. The van der Waals surface area contributed by atoms with Crippen LogP contribution in [0.3, 0.4) is 0 Å². The molecule has 0 spiro atoms. The third-order valence-electron chi connectivity index (χ3n) is 4.83. The predicted octanol–water partition coefficient (Wildman–Crippen LogP) is 3.56. The largest absolute Gasteiger partial charge is 0.357 e. The van der Waals surface area contributed by atoms with Gasteiger partial charge in [0.15, 0.2) is 0 Å². The van der Waals surface area contributed by atoms with Gasteiger partial charge in [0, 0.05) is 28.8 Å². The van der Waals surface area contributed by atoms with Crippen LogP contribution in [-0.2, 0) is 16.8 Å². The molecule has 2 aromatic carbocycles. The van der Waals surface area contributed by atoms with E-state index in [2.05, 4.69) is 40.7 Å². The van der Waals surface area contributed by atoms with E-state index in [0.717, 1.165) is 29.9 Å². The summed E-state index contributed by atoms with van der Waals surface area (Å²) in [5.41, 5.74) is 4.06. The van der Waals surface area contributed by atoms with Crippen molar-refractivity contribution in [2.75, 3.05) is 11.9 Å². The fourth-order valence-electron chi connectivity index (χ4n) is 3.68. The highest BCUT2D eigenvalue weighted by atomic mass is 16.1. The first-order valence-electron chi connectivity index (χ1n) is 8.36. The van der Waals surface area contributed by atoms with Crippen molar-refractivity contribution in [3.8, 4) is 0 Å². The van der Waals surface area contributed by atoms with Crippen molar-refractivity contribution in [3.05, 3.63) is 65.9 Å². The van der Waals surface area contributed by atoms with Crippen LogP contribution in [0.5, 0.6) is 0 Å². The number of hydrogen-bond acceptors (Lipinski definition) is 2. The van der Waals surface area contributed by atoms with Crippen molar-refractivity contribution in [1.82, 2.24) is 10.3 Å². The Bertz CT molecular complexity index is 884. The van der Waals surface area contributed by atoms with Gasteiger partial charge in [-0.2, -0.15) is 0 Å². The van der Waals surface area contributed by atoms with Crippen LogP contribution in [0, 0.1) is 0 Å². The van der Waals surface area contributed by atoms with Crippen LogP contribution in [-0.4, -0.2) is 17.4 Å². The fraction of sp³-hybridized carbons (Fsp3) is 0.250. The van der Waals surface area contributed by atoms with Gasteiger partial charge in [-0.15, -0.1) is 0 Å². The van der Waals surface area contributed by atoms with Crippen molar-refractivity contribution in [2.45, 2.75) is 25.3 Å². The lowest BCUT2D eigenvalue weighted by Gasteiger charge is -2.34. The van der Waals surface area contributed by atoms with E-state index in [4.69, 9.17) is 0 Å². The number of aromatic nitrogens is 1. The summed E-state index contributed by atoms with van der Waals surface area (Å²) in [7, 11) is 0. The van der Waals surface area contributed by atoms with Crippen LogP contribution >= 0.6 is 0 Å². The Hall–Kier alpha value is -2.59. The number of benzene rings is 2. The van der Waals surface area contributed by atoms with Gasteiger partial charge in [-0.3, -0.25) is 4.79 Å². The molecule has 0 saturated heterocycles. The quantitative estimate of drug-likeness (QED) is 0.691. The highest BCUT2D eigenvalue weighted by Gasteiger charge is 2.36. The number of H-pyrrole nitrogens is 1. The third-order valence-corrected chi connectivity index (χ3v) is 4.83. The molecule has 1 atom stereocenters. The minimum Gasteiger partial charge on any atom is -0.357 e. The SMILES string of the molecule is C[C@]1(CC(=O)Nc2ccccc2)NCCc2c1[nH]c1ccccc21. The van der Waals surface area contributed by atoms with Crippen LogP contribution in [0.1, 0.15) is 24.6 Å². The number of carbonyl (C=O) groups excluding carboxylic acids is 1. The maximum atomic E-state index is 12.5. The standard InChI is InChI=1S/C20H21N3O/c1-20(13-18(24)22-14-7-3-2-4-8-14)19-16(11-12-21-20)15-9-5-6-10-17(15)23-19/h2-10,21,23H,11-13H2,1H3,(H,22,24)/t20-/m1/s1. The van der Waals surface area contributed by atoms with Crippen LogP contribution < -0.4 is 10.6 Å². The summed E-state index contributed by atoms with van der Waals surface area (Å²) in [5, 5.41) is 7.79. The van der Waals surface area contributed by atoms with E-state index in [9.17, 15) is 4.79 Å². The highest BCUT2D eigenvalue weighted by molar-refractivity contribution is 5.92. The summed E-state index contributed by atoms with van der Waals surface area (Å²) in [6.07, 6.45) is 1.37. The summed E-state index contributed by atoms with van der Waals surface area (Å²) in [6.45, 7) is 2.98. The van der Waals surface area contributed by atoms with E-state index >= 15 is 0 Å². The molecule has 0 aliphatic carbocycles. The van der Waals surface area contributed by atoms with E-state index in [1.165, 1.54) is 10.9 Å². The number of nitrogens with one attached hydrogen (secondary N) is 3. The van der Waals surface area contributed by atoms with Gasteiger partial charge in [0.1, 0.15) is 0 Å². The number of aromatic amines is 1. The molecule has 3 N–H and O–H groups in total. The Labute approximate surface area is 141 Å². The lowest BCUT2D eigenvalue weighted by Crippen LogP contribution is -2.47. The second kappa shape index (κ2) is 5.80. The van der Waals surface area contributed by atoms with E-state index in [0.29, 0.717) is 6.42 Å². The summed E-state index contributed by atoms with van der Waals surface area (Å²) in [6, 6.07) is 18.0. The van der Waals surface area contributed by atoms with Crippen LogP contribution in [0.25, 0.3) is 10.9 Å². The molecule has 122 valence electrons. The van der Waals surface area contributed by atoms with E-state index in [-0.39, 0.29) is 11.4 Å². The van der Waals surface area contributed by atoms with Gasteiger partial charge >= 0.3 is 0 Å². The number of anilines is 1. The molecule has 4 heteroatoms. The van der Waals surface area contributed by atoms with Crippen molar-refractivity contribution < 1.29 is 4.79 Å². The topological polar surface area (TPSA) is 56.9 Å². The Morgan fingerprint density at radius 3 is 2.71 bits per heavy atom. The Kier molecular flexibility index (Phi) is 3.62. The number of rotatable bonds is 3. The number of amides is 1. The molecule has 0 unspecified atom stereocenters. The number of para-hydroxylation sites is 2. The van der Waals surface area contributed by atoms with Crippen molar-refractivity contribution in [2.24, 2.45) is 0 Å². The lowest BCUT2D eigenvalue weighted by atomic mass is 9.85. The molecule has 1 aliphatic heterocycles. The molecule has 24 heavy (non-hydrogen) atoms. The van der Waals surface area contributed by atoms with Crippen LogP contribution in [0.2, 0.25) is 0 Å². The fourth-order valence-corrected chi connectivity index (χ4v) is 3.68. The maximum Gasteiger partial charge on any atom is 0.226 e. The van der Waals surface area contributed by atoms with Crippen LogP contribution in [0.15, 0.2) is 54.6 Å². The zero-order valence-corrected chi connectivity index (χ0v) is 13.7. The average Bonchev–Trinajstić information content (AvgIpc) is 2.96. The monoisotopic (exact) mass is 319 g/mol. The normalized spacial score (nSPS) is 19.9. The predicted molar refractivity (Wildman–Crippen MR) is 97.0 cm³/mol. The molecule has 0 fully saturated rings. The van der Waals surface area contributed by atoms with Crippen molar-refractivity contribution in [3.63, 3.8) is 0 Å². The molecule has 1 aromatic heterocycles. The van der Waals surface area contributed by atoms with Crippen molar-refractivity contribution in [1.29, 1.82) is 0 Å². The molecule has 0 saturated carbocycles. The van der Waals surface area contributed by atoms with Gasteiger partial charge in [0.2, 0.25) is 5.91 Å². The zero-order chi connectivity index (χ0) is 16.6. The van der Waals surface area contributed by atoms with Gasteiger partial charge in [-0.05, 0) is 37.1 Å². The van der Waals surface area contributed by atoms with Gasteiger partial charge in [0.05, 0.1) is 12.0 Å². The minimum absolute atomic E-state index is 0.0164. The molecule has 4 rings (SSSR count). The highest BCUT2D eigenvalue weighted by Crippen LogP contribution is 2.35.